The summed E-state index contributed by atoms with van der Waals surface area (Å²) in [5.74, 6) is -0.0702. The highest BCUT2D eigenvalue weighted by Gasteiger charge is 2.15. The molecular weight excluding hydrogens is 224 g/mol. The van der Waals surface area contributed by atoms with Crippen molar-refractivity contribution in [1.29, 1.82) is 0 Å². The van der Waals surface area contributed by atoms with Crippen molar-refractivity contribution in [2.75, 3.05) is 26.2 Å². The van der Waals surface area contributed by atoms with E-state index in [-0.39, 0.29) is 13.2 Å². The normalized spacial score (nSPS) is 10.8. The van der Waals surface area contributed by atoms with Crippen LogP contribution in [-0.2, 0) is 0 Å². The number of aryl methyl sites for hydroxylation is 1. The highest BCUT2D eigenvalue weighted by atomic mass is 16.5. The molecule has 0 fully saturated rings. The summed E-state index contributed by atoms with van der Waals surface area (Å²) in [6.07, 6.45) is 1.62. The van der Waals surface area contributed by atoms with E-state index in [0.29, 0.717) is 18.8 Å². The number of carbonyl (C=O) groups is 1. The maximum absolute atomic E-state index is 11.8. The van der Waals surface area contributed by atoms with Gasteiger partial charge in [0.05, 0.1) is 13.2 Å². The van der Waals surface area contributed by atoms with Crippen LogP contribution in [0.4, 0.5) is 0 Å². The molecule has 6 heteroatoms. The summed E-state index contributed by atoms with van der Waals surface area (Å²) in [5.41, 5.74) is -0.477. The van der Waals surface area contributed by atoms with Crippen LogP contribution in [0.1, 0.15) is 10.6 Å². The van der Waals surface area contributed by atoms with Gasteiger partial charge in [0.15, 0.2) is 0 Å². The summed E-state index contributed by atoms with van der Waals surface area (Å²) in [6, 6.07) is 1.25. The van der Waals surface area contributed by atoms with Crippen molar-refractivity contribution in [1.82, 2.24) is 9.64 Å². The first-order chi connectivity index (χ1) is 8.08. The van der Waals surface area contributed by atoms with Crippen LogP contribution in [0.25, 0.3) is 0 Å². The van der Waals surface area contributed by atoms with Crippen molar-refractivity contribution < 1.29 is 14.4 Å². The summed E-state index contributed by atoms with van der Waals surface area (Å²) < 4.78 is 5.70. The molecule has 1 aromatic heterocycles. The molecular formula is C11H16N2O4. The van der Waals surface area contributed by atoms with Gasteiger partial charge in [-0.2, -0.15) is 0 Å². The van der Waals surface area contributed by atoms with Gasteiger partial charge in [0.1, 0.15) is 5.76 Å². The SMILES string of the molecule is C=CCN(CCO)CC(=O)n1oc(C)cc1=O. The maximum atomic E-state index is 11.8. The summed E-state index contributed by atoms with van der Waals surface area (Å²) in [5, 5.41) is 8.83. The van der Waals surface area contributed by atoms with Crippen LogP contribution in [0.15, 0.2) is 28.0 Å². The molecule has 0 bridgehead atoms. The van der Waals surface area contributed by atoms with Gasteiger partial charge in [-0.1, -0.05) is 6.08 Å². The molecule has 1 N–H and O–H groups in total. The largest absolute Gasteiger partial charge is 0.395 e. The van der Waals surface area contributed by atoms with E-state index < -0.39 is 11.5 Å². The van der Waals surface area contributed by atoms with E-state index in [1.54, 1.807) is 17.9 Å². The third kappa shape index (κ3) is 3.69. The minimum atomic E-state index is -0.477. The molecule has 0 aliphatic rings. The Kier molecular flexibility index (Phi) is 4.86. The van der Waals surface area contributed by atoms with Gasteiger partial charge in [0, 0.05) is 19.2 Å². The van der Waals surface area contributed by atoms with Crippen molar-refractivity contribution in [3.05, 3.63) is 34.8 Å². The molecule has 0 saturated carbocycles. The van der Waals surface area contributed by atoms with Crippen molar-refractivity contribution in [3.8, 4) is 0 Å². The van der Waals surface area contributed by atoms with Gasteiger partial charge in [-0.05, 0) is 6.92 Å². The molecule has 0 aliphatic carbocycles. The maximum Gasteiger partial charge on any atom is 0.290 e. The number of carbonyl (C=O) groups excluding carboxylic acids is 1. The average molecular weight is 240 g/mol. The summed E-state index contributed by atoms with van der Waals surface area (Å²) >= 11 is 0. The molecule has 0 saturated heterocycles. The van der Waals surface area contributed by atoms with Crippen LogP contribution in [0.5, 0.6) is 0 Å². The Bertz CT molecular complexity index is 447. The first-order valence-corrected chi connectivity index (χ1v) is 5.25. The van der Waals surface area contributed by atoms with Crippen molar-refractivity contribution in [2.45, 2.75) is 6.92 Å². The predicted molar refractivity (Wildman–Crippen MR) is 62.1 cm³/mol. The van der Waals surface area contributed by atoms with Crippen LogP contribution in [0.3, 0.4) is 0 Å². The molecule has 0 radical (unpaired) electrons. The molecule has 6 nitrogen and oxygen atoms in total. The Balaban J connectivity index is 2.73. The molecule has 0 aromatic carbocycles. The smallest absolute Gasteiger partial charge is 0.290 e. The van der Waals surface area contributed by atoms with Gasteiger partial charge in [-0.25, -0.2) is 0 Å². The zero-order valence-corrected chi connectivity index (χ0v) is 9.76. The molecule has 0 atom stereocenters. The van der Waals surface area contributed by atoms with Gasteiger partial charge in [-0.3, -0.25) is 14.5 Å². The topological polar surface area (TPSA) is 75.7 Å². The Labute approximate surface area is 98.7 Å². The van der Waals surface area contributed by atoms with Gasteiger partial charge < -0.3 is 9.63 Å². The van der Waals surface area contributed by atoms with Crippen LogP contribution in [0.2, 0.25) is 0 Å². The van der Waals surface area contributed by atoms with Gasteiger partial charge in [0.2, 0.25) is 0 Å². The second-order valence-corrected chi connectivity index (χ2v) is 3.62. The molecule has 1 heterocycles. The van der Waals surface area contributed by atoms with Crippen molar-refractivity contribution in [2.24, 2.45) is 0 Å². The Morgan fingerprint density at radius 3 is 2.88 bits per heavy atom. The lowest BCUT2D eigenvalue weighted by atomic mass is 10.4. The number of aromatic nitrogens is 1. The van der Waals surface area contributed by atoms with Crippen molar-refractivity contribution >= 4 is 5.91 Å². The number of aliphatic hydroxyl groups excluding tert-OH is 1. The highest BCUT2D eigenvalue weighted by molar-refractivity contribution is 5.79. The number of aliphatic hydroxyl groups is 1. The lowest BCUT2D eigenvalue weighted by molar-refractivity contribution is 0.0710. The summed E-state index contributed by atoms with van der Waals surface area (Å²) in [7, 11) is 0. The zero-order chi connectivity index (χ0) is 12.8. The third-order valence-corrected chi connectivity index (χ3v) is 2.15. The minimum Gasteiger partial charge on any atom is -0.395 e. The molecule has 0 spiro atoms. The molecule has 0 aliphatic heterocycles. The first kappa shape index (κ1) is 13.4. The number of hydrogen-bond donors (Lipinski definition) is 1. The van der Waals surface area contributed by atoms with Crippen LogP contribution in [-0.4, -0.2) is 46.9 Å². The number of rotatable bonds is 6. The fraction of sp³-hybridized carbons (Fsp3) is 0.455. The van der Waals surface area contributed by atoms with Crippen LogP contribution >= 0.6 is 0 Å². The predicted octanol–water partition coefficient (Wildman–Crippen LogP) is -0.130. The molecule has 0 unspecified atom stereocenters. The standard InChI is InChI=1S/C11H16N2O4/c1-3-4-12(5-6-14)8-11(16)13-10(15)7-9(2)17-13/h3,7,14H,1,4-6,8H2,2H3. The average Bonchev–Trinajstić information content (AvgIpc) is 2.58. The third-order valence-electron chi connectivity index (χ3n) is 2.15. The first-order valence-electron chi connectivity index (χ1n) is 5.25. The Hall–Kier alpha value is -1.66. The van der Waals surface area contributed by atoms with Crippen molar-refractivity contribution in [3.63, 3.8) is 0 Å². The Morgan fingerprint density at radius 1 is 1.71 bits per heavy atom. The van der Waals surface area contributed by atoms with E-state index in [1.807, 2.05) is 0 Å². The van der Waals surface area contributed by atoms with Gasteiger partial charge in [0.25, 0.3) is 11.5 Å². The molecule has 1 aromatic rings. The molecule has 0 amide bonds. The number of nitrogens with zero attached hydrogens (tertiary/aromatic N) is 2. The zero-order valence-electron chi connectivity index (χ0n) is 9.76. The molecule has 1 rings (SSSR count). The highest BCUT2D eigenvalue weighted by Crippen LogP contribution is 1.95. The van der Waals surface area contributed by atoms with E-state index >= 15 is 0 Å². The van der Waals surface area contributed by atoms with E-state index in [0.717, 1.165) is 4.74 Å². The Morgan fingerprint density at radius 2 is 2.41 bits per heavy atom. The van der Waals surface area contributed by atoms with E-state index in [4.69, 9.17) is 9.63 Å². The fourth-order valence-corrected chi connectivity index (χ4v) is 1.44. The van der Waals surface area contributed by atoms with E-state index in [2.05, 4.69) is 6.58 Å². The summed E-state index contributed by atoms with van der Waals surface area (Å²) in [6.45, 7) is 5.89. The molecule has 94 valence electrons. The van der Waals surface area contributed by atoms with Gasteiger partial charge >= 0.3 is 0 Å². The quantitative estimate of drug-likeness (QED) is 0.701. The molecule has 17 heavy (non-hydrogen) atoms. The number of hydrogen-bond acceptors (Lipinski definition) is 5. The second-order valence-electron chi connectivity index (χ2n) is 3.62. The minimum absolute atomic E-state index is 0.000556. The monoisotopic (exact) mass is 240 g/mol. The van der Waals surface area contributed by atoms with E-state index in [9.17, 15) is 9.59 Å². The second kappa shape index (κ2) is 6.17. The van der Waals surface area contributed by atoms with Gasteiger partial charge in [-0.15, -0.1) is 11.3 Å². The fourth-order valence-electron chi connectivity index (χ4n) is 1.44. The van der Waals surface area contributed by atoms with Crippen LogP contribution in [0, 0.1) is 6.92 Å². The van der Waals surface area contributed by atoms with Crippen LogP contribution < -0.4 is 5.56 Å². The van der Waals surface area contributed by atoms with E-state index in [1.165, 1.54) is 6.07 Å². The summed E-state index contributed by atoms with van der Waals surface area (Å²) in [4.78, 5) is 24.8. The lowest BCUT2D eigenvalue weighted by Crippen LogP contribution is -2.37. The lowest BCUT2D eigenvalue weighted by Gasteiger charge is -2.17.